The standard InChI is InChI=1S/C18H25N3O2S2/c1-14-12-18(15(2)24-14)25(22,23)19-13-16-4-6-17(7-5-16)21-10-8-20(3)9-11-21/h4-7,12,19H,8-11,13H2,1-3H3/p+1. The fourth-order valence-electron chi connectivity index (χ4n) is 3.10. The van der Waals surface area contributed by atoms with Crippen LogP contribution in [0.2, 0.25) is 0 Å². The predicted molar refractivity (Wildman–Crippen MR) is 103 cm³/mol. The molecule has 5 nitrogen and oxygen atoms in total. The van der Waals surface area contributed by atoms with Crippen LogP contribution in [-0.4, -0.2) is 41.6 Å². The second-order valence-corrected chi connectivity index (χ2v) is 9.91. The van der Waals surface area contributed by atoms with Gasteiger partial charge in [0, 0.05) is 22.0 Å². The lowest BCUT2D eigenvalue weighted by molar-refractivity contribution is -0.880. The molecule has 25 heavy (non-hydrogen) atoms. The van der Waals surface area contributed by atoms with E-state index < -0.39 is 10.0 Å². The Morgan fingerprint density at radius 3 is 2.36 bits per heavy atom. The molecule has 136 valence electrons. The minimum absolute atomic E-state index is 0.309. The van der Waals surface area contributed by atoms with Crippen LogP contribution in [0.1, 0.15) is 15.3 Å². The molecule has 1 aromatic heterocycles. The van der Waals surface area contributed by atoms with E-state index in [9.17, 15) is 8.42 Å². The molecule has 0 spiro atoms. The maximum atomic E-state index is 12.5. The van der Waals surface area contributed by atoms with Gasteiger partial charge in [-0.2, -0.15) is 0 Å². The van der Waals surface area contributed by atoms with E-state index >= 15 is 0 Å². The number of benzene rings is 1. The Morgan fingerprint density at radius 2 is 1.80 bits per heavy atom. The Hall–Kier alpha value is -1.41. The fourth-order valence-corrected chi connectivity index (χ4v) is 5.67. The van der Waals surface area contributed by atoms with Gasteiger partial charge in [0.15, 0.2) is 0 Å². The molecule has 2 N–H and O–H groups in total. The minimum Gasteiger partial charge on any atom is -0.360 e. The van der Waals surface area contributed by atoms with Gasteiger partial charge in [-0.05, 0) is 37.6 Å². The molecule has 0 amide bonds. The van der Waals surface area contributed by atoms with Gasteiger partial charge in [-0.15, -0.1) is 11.3 Å². The summed E-state index contributed by atoms with van der Waals surface area (Å²) in [5.74, 6) is 0. The highest BCUT2D eigenvalue weighted by Gasteiger charge is 2.19. The van der Waals surface area contributed by atoms with Crippen LogP contribution in [0.3, 0.4) is 0 Å². The molecule has 0 atom stereocenters. The zero-order valence-corrected chi connectivity index (χ0v) is 16.6. The van der Waals surface area contributed by atoms with Gasteiger partial charge in [0.2, 0.25) is 10.0 Å². The smallest absolute Gasteiger partial charge is 0.241 e. The summed E-state index contributed by atoms with van der Waals surface area (Å²) in [5.41, 5.74) is 2.18. The number of hydrogen-bond donors (Lipinski definition) is 2. The molecule has 7 heteroatoms. The molecule has 0 radical (unpaired) electrons. The van der Waals surface area contributed by atoms with E-state index in [1.165, 1.54) is 17.0 Å². The first-order valence-electron chi connectivity index (χ1n) is 8.57. The summed E-state index contributed by atoms with van der Waals surface area (Å²) in [6, 6.07) is 9.93. The summed E-state index contributed by atoms with van der Waals surface area (Å²) in [6.07, 6.45) is 0. The minimum atomic E-state index is -3.46. The number of anilines is 1. The molecular formula is C18H26N3O2S2+. The van der Waals surface area contributed by atoms with Crippen molar-refractivity contribution in [1.82, 2.24) is 4.72 Å². The second kappa shape index (κ2) is 7.45. The van der Waals surface area contributed by atoms with Gasteiger partial charge in [-0.25, -0.2) is 13.1 Å². The Labute approximate surface area is 154 Å². The first-order chi connectivity index (χ1) is 11.8. The summed E-state index contributed by atoms with van der Waals surface area (Å²) >= 11 is 1.51. The van der Waals surface area contributed by atoms with Crippen LogP contribution in [-0.2, 0) is 16.6 Å². The predicted octanol–water partition coefficient (Wildman–Crippen LogP) is 1.18. The van der Waals surface area contributed by atoms with Gasteiger partial charge in [0.25, 0.3) is 0 Å². The van der Waals surface area contributed by atoms with Gasteiger partial charge in [-0.3, -0.25) is 0 Å². The number of aryl methyl sites for hydroxylation is 2. The highest BCUT2D eigenvalue weighted by Crippen LogP contribution is 2.25. The number of rotatable bonds is 5. The van der Waals surface area contributed by atoms with Crippen LogP contribution >= 0.6 is 11.3 Å². The monoisotopic (exact) mass is 380 g/mol. The van der Waals surface area contributed by atoms with E-state index in [1.807, 2.05) is 26.0 Å². The lowest BCUT2D eigenvalue weighted by atomic mass is 10.2. The molecule has 0 saturated carbocycles. The number of nitrogens with zero attached hydrogens (tertiary/aromatic N) is 1. The van der Waals surface area contributed by atoms with E-state index in [0.29, 0.717) is 11.4 Å². The van der Waals surface area contributed by atoms with Crippen LogP contribution < -0.4 is 14.5 Å². The lowest BCUT2D eigenvalue weighted by Gasteiger charge is -2.31. The second-order valence-electron chi connectivity index (χ2n) is 6.71. The first-order valence-corrected chi connectivity index (χ1v) is 10.9. The lowest BCUT2D eigenvalue weighted by Crippen LogP contribution is -3.12. The van der Waals surface area contributed by atoms with E-state index in [1.54, 1.807) is 11.0 Å². The number of quaternary nitrogens is 1. The molecule has 1 saturated heterocycles. The van der Waals surface area contributed by atoms with Gasteiger partial charge in [0.1, 0.15) is 0 Å². The third kappa shape index (κ3) is 4.41. The Bertz CT molecular complexity index is 821. The first kappa shape index (κ1) is 18.4. The molecule has 0 bridgehead atoms. The fraction of sp³-hybridized carbons (Fsp3) is 0.444. The van der Waals surface area contributed by atoms with Gasteiger partial charge in [0.05, 0.1) is 38.1 Å². The van der Waals surface area contributed by atoms with Crippen molar-refractivity contribution >= 4 is 27.0 Å². The number of piperazine rings is 1. The van der Waals surface area contributed by atoms with Crippen LogP contribution in [0.25, 0.3) is 0 Å². The van der Waals surface area contributed by atoms with Gasteiger partial charge in [-0.1, -0.05) is 12.1 Å². The van der Waals surface area contributed by atoms with Crippen LogP contribution in [0.5, 0.6) is 0 Å². The highest BCUT2D eigenvalue weighted by molar-refractivity contribution is 7.89. The summed E-state index contributed by atoms with van der Waals surface area (Å²) < 4.78 is 27.7. The molecule has 0 unspecified atom stereocenters. The Balaban J connectivity index is 1.63. The third-order valence-electron chi connectivity index (χ3n) is 4.67. The number of thiophene rings is 1. The molecular weight excluding hydrogens is 354 g/mol. The molecule has 1 fully saturated rings. The molecule has 1 aliphatic rings. The van der Waals surface area contributed by atoms with E-state index in [0.717, 1.165) is 41.5 Å². The normalized spacial score (nSPS) is 16.4. The Kier molecular flexibility index (Phi) is 5.48. The van der Waals surface area contributed by atoms with Crippen LogP contribution in [0.4, 0.5) is 5.69 Å². The number of nitrogens with one attached hydrogen (secondary N) is 2. The van der Waals surface area contributed by atoms with Crippen molar-refractivity contribution in [2.75, 3.05) is 38.1 Å². The van der Waals surface area contributed by atoms with E-state index in [4.69, 9.17) is 0 Å². The van der Waals surface area contributed by atoms with E-state index in [2.05, 4.69) is 28.8 Å². The molecule has 3 rings (SSSR count). The van der Waals surface area contributed by atoms with Crippen molar-refractivity contribution < 1.29 is 13.3 Å². The zero-order valence-electron chi connectivity index (χ0n) is 15.0. The van der Waals surface area contributed by atoms with E-state index in [-0.39, 0.29) is 0 Å². The third-order valence-corrected chi connectivity index (χ3v) is 7.29. The van der Waals surface area contributed by atoms with Crippen molar-refractivity contribution in [3.63, 3.8) is 0 Å². The topological polar surface area (TPSA) is 53.9 Å². The molecule has 2 aromatic rings. The Morgan fingerprint density at radius 1 is 1.16 bits per heavy atom. The summed E-state index contributed by atoms with van der Waals surface area (Å²) in [7, 11) is -1.23. The van der Waals surface area contributed by atoms with Crippen molar-refractivity contribution in [2.45, 2.75) is 25.3 Å². The maximum absolute atomic E-state index is 12.5. The highest BCUT2D eigenvalue weighted by atomic mass is 32.2. The van der Waals surface area contributed by atoms with Crippen molar-refractivity contribution in [3.8, 4) is 0 Å². The summed E-state index contributed by atoms with van der Waals surface area (Å²) in [6.45, 7) is 8.52. The van der Waals surface area contributed by atoms with Crippen LogP contribution in [0.15, 0.2) is 35.2 Å². The average Bonchev–Trinajstić information content (AvgIpc) is 2.94. The largest absolute Gasteiger partial charge is 0.360 e. The average molecular weight is 381 g/mol. The molecule has 1 aromatic carbocycles. The quantitative estimate of drug-likeness (QED) is 0.819. The SMILES string of the molecule is Cc1cc(S(=O)(=O)NCc2ccc(N3CC[NH+](C)CC3)cc2)c(C)s1. The number of sulfonamides is 1. The van der Waals surface area contributed by atoms with Crippen molar-refractivity contribution in [2.24, 2.45) is 0 Å². The molecule has 2 heterocycles. The van der Waals surface area contributed by atoms with Gasteiger partial charge < -0.3 is 9.80 Å². The van der Waals surface area contributed by atoms with Crippen molar-refractivity contribution in [1.29, 1.82) is 0 Å². The number of likely N-dealkylation sites (N-methyl/N-ethyl adjacent to an activating group) is 1. The molecule has 1 aliphatic heterocycles. The maximum Gasteiger partial charge on any atom is 0.241 e. The summed E-state index contributed by atoms with van der Waals surface area (Å²) in [5, 5.41) is 0. The zero-order chi connectivity index (χ0) is 18.0. The summed E-state index contributed by atoms with van der Waals surface area (Å²) in [4.78, 5) is 6.19. The van der Waals surface area contributed by atoms with Crippen LogP contribution in [0, 0.1) is 13.8 Å². The van der Waals surface area contributed by atoms with Gasteiger partial charge >= 0.3 is 0 Å². The van der Waals surface area contributed by atoms with Crippen molar-refractivity contribution in [3.05, 3.63) is 45.6 Å². The molecule has 0 aliphatic carbocycles. The number of hydrogen-bond acceptors (Lipinski definition) is 4.